The van der Waals surface area contributed by atoms with Crippen LogP contribution in [-0.4, -0.2) is 23.4 Å². The van der Waals surface area contributed by atoms with Gasteiger partial charge in [-0.2, -0.15) is 0 Å². The summed E-state index contributed by atoms with van der Waals surface area (Å²) in [6.45, 7) is 1.83. The van der Waals surface area contributed by atoms with E-state index in [9.17, 15) is 8.42 Å². The molecule has 0 saturated carbocycles. The Hall–Kier alpha value is -3.23. The molecule has 0 fully saturated rings. The molecule has 152 valence electrons. The van der Waals surface area contributed by atoms with E-state index >= 15 is 0 Å². The fourth-order valence-electron chi connectivity index (χ4n) is 2.88. The summed E-state index contributed by atoms with van der Waals surface area (Å²) in [6, 6.07) is 13.5. The number of hydrogen-bond donors (Lipinski definition) is 1. The Balaban J connectivity index is 1.73. The summed E-state index contributed by atoms with van der Waals surface area (Å²) >= 11 is 6.10. The maximum atomic E-state index is 13.1. The Kier molecular flexibility index (Phi) is 5.52. The minimum Gasteiger partial charge on any atom is -0.471 e. The topological polar surface area (TPSA) is 94.1 Å². The highest BCUT2D eigenvalue weighted by atomic mass is 35.5. The van der Waals surface area contributed by atoms with Crippen LogP contribution in [0.1, 0.15) is 11.1 Å². The zero-order valence-corrected chi connectivity index (χ0v) is 17.5. The van der Waals surface area contributed by atoms with E-state index in [4.69, 9.17) is 16.3 Å². The largest absolute Gasteiger partial charge is 0.471 e. The quantitative estimate of drug-likeness (QED) is 0.478. The molecule has 0 unspecified atom stereocenters. The number of ether oxygens (including phenoxy) is 1. The van der Waals surface area contributed by atoms with E-state index < -0.39 is 10.0 Å². The number of anilines is 1. The zero-order valence-electron chi connectivity index (χ0n) is 15.9. The Bertz CT molecular complexity index is 1310. The van der Waals surface area contributed by atoms with Crippen molar-refractivity contribution in [1.29, 1.82) is 0 Å². The SMILES string of the molecule is Cc1c(Cl)cccc1S(=O)(=O)Nc1cc2ncccc2nc1OCc1cccnc1. The van der Waals surface area contributed by atoms with Gasteiger partial charge in [-0.25, -0.2) is 13.4 Å². The molecule has 7 nitrogen and oxygen atoms in total. The van der Waals surface area contributed by atoms with Gasteiger partial charge < -0.3 is 4.74 Å². The summed E-state index contributed by atoms with van der Waals surface area (Å²) < 4.78 is 34.5. The van der Waals surface area contributed by atoms with E-state index in [2.05, 4.69) is 19.7 Å². The Morgan fingerprint density at radius 1 is 1.07 bits per heavy atom. The second kappa shape index (κ2) is 8.25. The molecule has 9 heteroatoms. The van der Waals surface area contributed by atoms with E-state index in [0.29, 0.717) is 21.6 Å². The van der Waals surface area contributed by atoms with Gasteiger partial charge in [0.05, 0.1) is 15.9 Å². The number of benzene rings is 1. The van der Waals surface area contributed by atoms with Crippen molar-refractivity contribution in [1.82, 2.24) is 15.0 Å². The minimum absolute atomic E-state index is 0.0781. The summed E-state index contributed by atoms with van der Waals surface area (Å²) in [5.41, 5.74) is 2.58. The predicted molar refractivity (Wildman–Crippen MR) is 115 cm³/mol. The average molecular weight is 441 g/mol. The molecule has 0 radical (unpaired) electrons. The molecule has 0 atom stereocenters. The van der Waals surface area contributed by atoms with Crippen molar-refractivity contribution in [2.45, 2.75) is 18.4 Å². The molecule has 3 aromatic heterocycles. The van der Waals surface area contributed by atoms with Crippen LogP contribution in [0.15, 0.2) is 72.0 Å². The van der Waals surface area contributed by atoms with Crippen molar-refractivity contribution in [2.24, 2.45) is 0 Å². The van der Waals surface area contributed by atoms with Gasteiger partial charge >= 0.3 is 0 Å². The van der Waals surface area contributed by atoms with Crippen LogP contribution in [0.3, 0.4) is 0 Å². The van der Waals surface area contributed by atoms with Crippen molar-refractivity contribution in [3.05, 3.63) is 83.3 Å². The van der Waals surface area contributed by atoms with Gasteiger partial charge in [0.25, 0.3) is 10.0 Å². The maximum absolute atomic E-state index is 13.1. The molecular weight excluding hydrogens is 424 g/mol. The zero-order chi connectivity index (χ0) is 21.1. The lowest BCUT2D eigenvalue weighted by molar-refractivity contribution is 0.296. The molecule has 4 rings (SSSR count). The number of rotatable bonds is 6. The lowest BCUT2D eigenvalue weighted by atomic mass is 10.2. The van der Waals surface area contributed by atoms with Crippen molar-refractivity contribution in [3.8, 4) is 5.88 Å². The second-order valence-corrected chi connectivity index (χ2v) is 8.56. The highest BCUT2D eigenvalue weighted by Gasteiger charge is 2.21. The number of nitrogens with zero attached hydrogens (tertiary/aromatic N) is 3. The molecule has 0 bridgehead atoms. The standard InChI is InChI=1S/C21H17ClN4O3S/c1-14-16(22)6-2-8-20(14)30(27,28)26-19-11-18-17(7-4-10-24-18)25-21(19)29-13-15-5-3-9-23-12-15/h2-12,26H,13H2,1H3. The van der Waals surface area contributed by atoms with Gasteiger partial charge in [0, 0.05) is 29.2 Å². The molecular formula is C21H17ClN4O3S. The van der Waals surface area contributed by atoms with Crippen molar-refractivity contribution < 1.29 is 13.2 Å². The molecule has 4 aromatic rings. The van der Waals surface area contributed by atoms with Gasteiger partial charge in [-0.1, -0.05) is 23.7 Å². The van der Waals surface area contributed by atoms with Gasteiger partial charge in [-0.05, 0) is 48.9 Å². The Labute approximate surface area is 178 Å². The molecule has 0 aliphatic rings. The molecule has 30 heavy (non-hydrogen) atoms. The van der Waals surface area contributed by atoms with Crippen LogP contribution in [0.25, 0.3) is 11.0 Å². The first-order valence-corrected chi connectivity index (χ1v) is 10.9. The first kappa shape index (κ1) is 20.1. The summed E-state index contributed by atoms with van der Waals surface area (Å²) in [6.07, 6.45) is 4.94. The van der Waals surface area contributed by atoms with Crippen molar-refractivity contribution in [3.63, 3.8) is 0 Å². The van der Waals surface area contributed by atoms with E-state index in [-0.39, 0.29) is 23.1 Å². The van der Waals surface area contributed by atoms with Crippen molar-refractivity contribution >= 4 is 38.3 Å². The highest BCUT2D eigenvalue weighted by Crippen LogP contribution is 2.31. The summed E-state index contributed by atoms with van der Waals surface area (Å²) in [5.74, 6) is 0.141. The summed E-state index contributed by atoms with van der Waals surface area (Å²) in [7, 11) is -3.94. The molecule has 1 aromatic carbocycles. The number of sulfonamides is 1. The van der Waals surface area contributed by atoms with Crippen LogP contribution in [0.2, 0.25) is 5.02 Å². The van der Waals surface area contributed by atoms with E-state index in [1.807, 2.05) is 6.07 Å². The van der Waals surface area contributed by atoms with Gasteiger partial charge in [0.15, 0.2) is 0 Å². The number of fused-ring (bicyclic) bond motifs is 1. The molecule has 0 spiro atoms. The first-order valence-electron chi connectivity index (χ1n) is 8.99. The number of hydrogen-bond acceptors (Lipinski definition) is 6. The second-order valence-electron chi connectivity index (χ2n) is 6.50. The average Bonchev–Trinajstić information content (AvgIpc) is 2.74. The summed E-state index contributed by atoms with van der Waals surface area (Å²) in [5, 5.41) is 0.365. The number of aromatic nitrogens is 3. The van der Waals surface area contributed by atoms with E-state index in [1.165, 1.54) is 6.07 Å². The maximum Gasteiger partial charge on any atom is 0.262 e. The third-order valence-electron chi connectivity index (χ3n) is 4.40. The number of nitrogens with one attached hydrogen (secondary N) is 1. The fourth-order valence-corrected chi connectivity index (χ4v) is 4.43. The highest BCUT2D eigenvalue weighted by molar-refractivity contribution is 7.92. The van der Waals surface area contributed by atoms with E-state index in [1.54, 1.807) is 61.9 Å². The molecule has 0 aliphatic heterocycles. The number of halogens is 1. The Morgan fingerprint density at radius 2 is 1.90 bits per heavy atom. The van der Waals surface area contributed by atoms with Crippen molar-refractivity contribution in [2.75, 3.05) is 4.72 Å². The summed E-state index contributed by atoms with van der Waals surface area (Å²) in [4.78, 5) is 12.8. The smallest absolute Gasteiger partial charge is 0.262 e. The van der Waals surface area contributed by atoms with Crippen LogP contribution in [0.4, 0.5) is 5.69 Å². The molecule has 3 heterocycles. The molecule has 0 amide bonds. The van der Waals surface area contributed by atoms with Crippen LogP contribution >= 0.6 is 11.6 Å². The van der Waals surface area contributed by atoms with Crippen LogP contribution in [-0.2, 0) is 16.6 Å². The number of pyridine rings is 3. The molecule has 0 aliphatic carbocycles. The van der Waals surface area contributed by atoms with Crippen LogP contribution < -0.4 is 9.46 Å². The van der Waals surface area contributed by atoms with E-state index in [0.717, 1.165) is 5.56 Å². The Morgan fingerprint density at radius 3 is 2.70 bits per heavy atom. The van der Waals surface area contributed by atoms with Gasteiger partial charge in [-0.3, -0.25) is 14.7 Å². The fraction of sp³-hybridized carbons (Fsp3) is 0.0952. The lowest BCUT2D eigenvalue weighted by Crippen LogP contribution is -2.16. The molecule has 0 saturated heterocycles. The first-order chi connectivity index (χ1) is 14.4. The van der Waals surface area contributed by atoms with Gasteiger partial charge in [-0.15, -0.1) is 0 Å². The third-order valence-corrected chi connectivity index (χ3v) is 6.32. The minimum atomic E-state index is -3.94. The lowest BCUT2D eigenvalue weighted by Gasteiger charge is -2.15. The third kappa shape index (κ3) is 4.19. The van der Waals surface area contributed by atoms with Crippen LogP contribution in [0, 0.1) is 6.92 Å². The van der Waals surface area contributed by atoms with Gasteiger partial charge in [0.1, 0.15) is 12.3 Å². The normalized spacial score (nSPS) is 11.4. The predicted octanol–water partition coefficient (Wildman–Crippen LogP) is 4.37. The van der Waals surface area contributed by atoms with Gasteiger partial charge in [0.2, 0.25) is 5.88 Å². The van der Waals surface area contributed by atoms with Crippen LogP contribution in [0.5, 0.6) is 5.88 Å². The monoisotopic (exact) mass is 440 g/mol. The molecule has 1 N–H and O–H groups in total.